The zero-order chi connectivity index (χ0) is 35.8. The molecule has 6 rings (SSSR count). The number of halogens is 3. The lowest BCUT2D eigenvalue weighted by Gasteiger charge is -2.12. The van der Waals surface area contributed by atoms with Gasteiger partial charge in [0.15, 0.2) is 11.5 Å². The van der Waals surface area contributed by atoms with Crippen LogP contribution >= 0.6 is 0 Å². The first-order valence-corrected chi connectivity index (χ1v) is 15.6. The number of pyridine rings is 2. The Balaban J connectivity index is 0.00000239. The molecule has 0 bridgehead atoms. The van der Waals surface area contributed by atoms with E-state index >= 15 is 0 Å². The van der Waals surface area contributed by atoms with Gasteiger partial charge in [0, 0.05) is 41.3 Å². The maximum atomic E-state index is 12.9. The summed E-state index contributed by atoms with van der Waals surface area (Å²) in [6, 6.07) is 30.5. The number of allylic oxidation sites excluding steroid dienone is 1. The van der Waals surface area contributed by atoms with Gasteiger partial charge in [0.25, 0.3) is 5.91 Å². The molecule has 0 radical (unpaired) electrons. The van der Waals surface area contributed by atoms with Crippen LogP contribution in [0.5, 0.6) is 0 Å². The molecule has 0 atom stereocenters. The molecule has 0 unspecified atom stereocenters. The van der Waals surface area contributed by atoms with Crippen molar-refractivity contribution in [3.8, 4) is 28.3 Å². The maximum absolute atomic E-state index is 12.9. The first-order valence-electron chi connectivity index (χ1n) is 15.6. The van der Waals surface area contributed by atoms with E-state index in [0.29, 0.717) is 28.4 Å². The van der Waals surface area contributed by atoms with Crippen molar-refractivity contribution in [1.82, 2.24) is 24.8 Å². The van der Waals surface area contributed by atoms with Crippen molar-refractivity contribution < 1.29 is 22.8 Å². The second kappa shape index (κ2) is 15.2. The van der Waals surface area contributed by atoms with E-state index in [-0.39, 0.29) is 23.9 Å². The van der Waals surface area contributed by atoms with E-state index < -0.39 is 23.7 Å². The second-order valence-corrected chi connectivity index (χ2v) is 10.6. The maximum Gasteiger partial charge on any atom is 0.430 e. The van der Waals surface area contributed by atoms with E-state index in [2.05, 4.69) is 15.6 Å². The zero-order valence-corrected chi connectivity index (χ0v) is 27.1. The van der Waals surface area contributed by atoms with Crippen molar-refractivity contribution in [2.24, 2.45) is 5.73 Å². The molecule has 0 fully saturated rings. The molecular formula is C37H33F3N8O2. The molecule has 0 spiro atoms. The molecule has 2 amide bonds. The van der Waals surface area contributed by atoms with Gasteiger partial charge < -0.3 is 22.1 Å². The summed E-state index contributed by atoms with van der Waals surface area (Å²) >= 11 is 0. The summed E-state index contributed by atoms with van der Waals surface area (Å²) < 4.78 is 39.8. The minimum Gasteiger partial charge on any atom is -0.395 e. The van der Waals surface area contributed by atoms with Crippen molar-refractivity contribution in [2.75, 3.05) is 11.1 Å². The van der Waals surface area contributed by atoms with Gasteiger partial charge in [-0.25, -0.2) is 15.0 Å². The Morgan fingerprint density at radius 3 is 2.32 bits per heavy atom. The minimum absolute atomic E-state index is 0.130. The smallest absolute Gasteiger partial charge is 0.395 e. The Labute approximate surface area is 285 Å². The van der Waals surface area contributed by atoms with Crippen LogP contribution in [0.1, 0.15) is 29.8 Å². The molecule has 13 heteroatoms. The number of alkyl halides is 3. The summed E-state index contributed by atoms with van der Waals surface area (Å²) in [5, 5.41) is 5.09. The van der Waals surface area contributed by atoms with Gasteiger partial charge in [0.2, 0.25) is 5.91 Å². The van der Waals surface area contributed by atoms with Crippen LogP contribution < -0.4 is 22.1 Å². The lowest BCUT2D eigenvalue weighted by molar-refractivity contribution is -0.113. The van der Waals surface area contributed by atoms with Gasteiger partial charge in [-0.05, 0) is 60.2 Å². The first-order chi connectivity index (χ1) is 24.1. The molecular weight excluding hydrogens is 645 g/mol. The fourth-order valence-electron chi connectivity index (χ4n) is 4.95. The van der Waals surface area contributed by atoms with E-state index in [0.717, 1.165) is 22.5 Å². The van der Waals surface area contributed by atoms with Crippen molar-refractivity contribution in [3.63, 3.8) is 0 Å². The zero-order valence-electron chi connectivity index (χ0n) is 27.1. The first kappa shape index (κ1) is 34.8. The molecule has 0 aliphatic carbocycles. The normalized spacial score (nSPS) is 11.4. The monoisotopic (exact) mass is 678 g/mol. The van der Waals surface area contributed by atoms with E-state index in [1.807, 2.05) is 91.2 Å². The van der Waals surface area contributed by atoms with Crippen LogP contribution in [-0.2, 0) is 11.3 Å². The summed E-state index contributed by atoms with van der Waals surface area (Å²) in [7, 11) is 0. The van der Waals surface area contributed by atoms with Crippen LogP contribution in [-0.4, -0.2) is 37.5 Å². The third-order valence-corrected chi connectivity index (χ3v) is 7.31. The Bertz CT molecular complexity index is 2160. The number of carbonyl (C=O) groups is 2. The summed E-state index contributed by atoms with van der Waals surface area (Å²) in [6.07, 6.45) is -2.97. The number of hydrogen-bond donors (Lipinski definition) is 4. The standard InChI is InChI=1S/C35H27F3N8O2.C2H6/c36-35(37,38)29(39)19-30(47)43-24-9-4-8-23(18-24)34(48)42-20-21-11-13-25(14-12-21)46-32(26-10-5-17-41-31(26)40)45-28-16-15-27(44-33(28)46)22-6-2-1-3-7-22;1-2/h1-19H,20,39H2,(H2,40,41)(H,42,48)(H,43,47);1-2H3/b29-19-;. The largest absolute Gasteiger partial charge is 0.430 e. The number of hydrogen-bond acceptors (Lipinski definition) is 7. The molecule has 6 aromatic rings. The fraction of sp³-hybridized carbons (Fsp3) is 0.108. The number of anilines is 2. The highest BCUT2D eigenvalue weighted by Gasteiger charge is 2.32. The SMILES string of the molecule is CC.N/C(=C\C(=O)Nc1cccc(C(=O)NCc2ccc(-n3c(-c4cccnc4N)nc4ccc(-c5ccccc5)nc43)cc2)c1)C(F)(F)F. The third-order valence-electron chi connectivity index (χ3n) is 7.31. The average Bonchev–Trinajstić information content (AvgIpc) is 3.50. The Morgan fingerprint density at radius 2 is 1.62 bits per heavy atom. The number of imidazole rings is 1. The molecule has 254 valence electrons. The van der Waals surface area contributed by atoms with Crippen LogP contribution in [0.2, 0.25) is 0 Å². The van der Waals surface area contributed by atoms with Crippen molar-refractivity contribution >= 4 is 34.5 Å². The molecule has 0 saturated heterocycles. The van der Waals surface area contributed by atoms with Gasteiger partial charge in [0.1, 0.15) is 17.0 Å². The number of nitrogen functional groups attached to an aromatic ring is 1. The number of rotatable bonds is 8. The lowest BCUT2D eigenvalue weighted by Crippen LogP contribution is -2.23. The van der Waals surface area contributed by atoms with Gasteiger partial charge in [-0.1, -0.05) is 62.4 Å². The quantitative estimate of drug-likeness (QED) is 0.126. The van der Waals surface area contributed by atoms with E-state index in [1.54, 1.807) is 12.3 Å². The van der Waals surface area contributed by atoms with Gasteiger partial charge in [-0.3, -0.25) is 14.2 Å². The van der Waals surface area contributed by atoms with Crippen LogP contribution in [0.3, 0.4) is 0 Å². The topological polar surface area (TPSA) is 154 Å². The number of benzene rings is 3. The van der Waals surface area contributed by atoms with Gasteiger partial charge in [0.05, 0.1) is 11.3 Å². The van der Waals surface area contributed by atoms with Crippen molar-refractivity contribution in [3.05, 3.63) is 132 Å². The third kappa shape index (κ3) is 7.96. The van der Waals surface area contributed by atoms with Crippen LogP contribution in [0.4, 0.5) is 24.7 Å². The highest BCUT2D eigenvalue weighted by molar-refractivity contribution is 6.01. The summed E-state index contributed by atoms with van der Waals surface area (Å²) in [5.41, 5.74) is 15.2. The molecule has 50 heavy (non-hydrogen) atoms. The molecule has 3 aromatic heterocycles. The lowest BCUT2D eigenvalue weighted by atomic mass is 10.1. The molecule has 6 N–H and O–H groups in total. The highest BCUT2D eigenvalue weighted by atomic mass is 19.4. The van der Waals surface area contributed by atoms with E-state index in [4.69, 9.17) is 21.4 Å². The Morgan fingerprint density at radius 1 is 0.880 bits per heavy atom. The molecule has 10 nitrogen and oxygen atoms in total. The molecule has 3 heterocycles. The van der Waals surface area contributed by atoms with E-state index in [1.165, 1.54) is 24.3 Å². The number of aromatic nitrogens is 4. The summed E-state index contributed by atoms with van der Waals surface area (Å²) in [4.78, 5) is 38.9. The number of nitrogens with zero attached hydrogens (tertiary/aromatic N) is 4. The van der Waals surface area contributed by atoms with Crippen LogP contribution in [0.15, 0.2) is 121 Å². The number of amides is 2. The molecule has 0 aliphatic heterocycles. The summed E-state index contributed by atoms with van der Waals surface area (Å²) in [5.74, 6) is -0.637. The Hall–Kier alpha value is -6.50. The molecule has 0 saturated carbocycles. The second-order valence-electron chi connectivity index (χ2n) is 10.6. The van der Waals surface area contributed by atoms with Crippen LogP contribution in [0, 0.1) is 0 Å². The highest BCUT2D eigenvalue weighted by Crippen LogP contribution is 2.32. The summed E-state index contributed by atoms with van der Waals surface area (Å²) in [6.45, 7) is 4.17. The van der Waals surface area contributed by atoms with Crippen LogP contribution in [0.25, 0.3) is 39.5 Å². The molecule has 3 aromatic carbocycles. The number of carbonyl (C=O) groups excluding carboxylic acids is 2. The predicted octanol–water partition coefficient (Wildman–Crippen LogP) is 7.03. The predicted molar refractivity (Wildman–Crippen MR) is 188 cm³/mol. The van der Waals surface area contributed by atoms with Gasteiger partial charge in [-0.15, -0.1) is 0 Å². The number of nitrogens with one attached hydrogen (secondary N) is 2. The minimum atomic E-state index is -4.83. The number of nitrogens with two attached hydrogens (primary N) is 2. The molecule has 0 aliphatic rings. The van der Waals surface area contributed by atoms with E-state index in [9.17, 15) is 22.8 Å². The van der Waals surface area contributed by atoms with Crippen molar-refractivity contribution in [1.29, 1.82) is 0 Å². The average molecular weight is 679 g/mol. The van der Waals surface area contributed by atoms with Gasteiger partial charge >= 0.3 is 6.18 Å². The van der Waals surface area contributed by atoms with Gasteiger partial charge in [-0.2, -0.15) is 13.2 Å². The van der Waals surface area contributed by atoms with Crippen molar-refractivity contribution in [2.45, 2.75) is 26.6 Å². The number of fused-ring (bicyclic) bond motifs is 1. The Kier molecular flexibility index (Phi) is 10.6. The fourth-order valence-corrected chi connectivity index (χ4v) is 4.95.